The SMILES string of the molecule is O=C(c1cc(-c2cccnc2)n(-c2ccc(F)cc2)n1)N1CCN(C2CCCCC2)CC1. The second kappa shape index (κ2) is 9.20. The zero-order valence-electron chi connectivity index (χ0n) is 18.2. The number of aromatic nitrogens is 3. The van der Waals surface area contributed by atoms with Crippen molar-refractivity contribution in [1.82, 2.24) is 24.6 Å². The molecule has 0 N–H and O–H groups in total. The summed E-state index contributed by atoms with van der Waals surface area (Å²) in [5.41, 5.74) is 2.71. The zero-order valence-corrected chi connectivity index (χ0v) is 18.2. The number of halogens is 1. The minimum atomic E-state index is -0.309. The third kappa shape index (κ3) is 4.30. The van der Waals surface area contributed by atoms with Crippen LogP contribution in [0.25, 0.3) is 16.9 Å². The lowest BCUT2D eigenvalue weighted by molar-refractivity contribution is 0.0518. The average Bonchev–Trinajstić information content (AvgIpc) is 3.31. The Morgan fingerprint density at radius 3 is 2.41 bits per heavy atom. The fourth-order valence-electron chi connectivity index (χ4n) is 4.88. The molecule has 32 heavy (non-hydrogen) atoms. The molecule has 3 aromatic rings. The van der Waals surface area contributed by atoms with Crippen molar-refractivity contribution >= 4 is 5.91 Å². The Bertz CT molecular complexity index is 1050. The summed E-state index contributed by atoms with van der Waals surface area (Å²) in [6.07, 6.45) is 10.0. The van der Waals surface area contributed by atoms with E-state index in [0.29, 0.717) is 17.4 Å². The first-order valence-corrected chi connectivity index (χ1v) is 11.5. The van der Waals surface area contributed by atoms with Gasteiger partial charge in [0.15, 0.2) is 5.69 Å². The Morgan fingerprint density at radius 2 is 1.72 bits per heavy atom. The molecule has 0 atom stereocenters. The molecular weight excluding hydrogens is 405 g/mol. The first kappa shape index (κ1) is 20.8. The summed E-state index contributed by atoms with van der Waals surface area (Å²) in [6.45, 7) is 3.29. The highest BCUT2D eigenvalue weighted by Gasteiger charge is 2.29. The molecule has 0 unspecified atom stereocenters. The van der Waals surface area contributed by atoms with Gasteiger partial charge in [0.05, 0.1) is 11.4 Å². The molecule has 3 heterocycles. The number of hydrogen-bond donors (Lipinski definition) is 0. The van der Waals surface area contributed by atoms with Crippen LogP contribution in [0, 0.1) is 5.82 Å². The average molecular weight is 434 g/mol. The minimum Gasteiger partial charge on any atom is -0.335 e. The highest BCUT2D eigenvalue weighted by atomic mass is 19.1. The van der Waals surface area contributed by atoms with Gasteiger partial charge < -0.3 is 4.90 Å². The van der Waals surface area contributed by atoms with Crippen LogP contribution >= 0.6 is 0 Å². The molecule has 0 bridgehead atoms. The van der Waals surface area contributed by atoms with Gasteiger partial charge >= 0.3 is 0 Å². The molecule has 0 spiro atoms. The zero-order chi connectivity index (χ0) is 21.9. The maximum Gasteiger partial charge on any atom is 0.274 e. The van der Waals surface area contributed by atoms with Crippen LogP contribution in [0.1, 0.15) is 42.6 Å². The Balaban J connectivity index is 1.37. The van der Waals surface area contributed by atoms with Gasteiger partial charge in [-0.05, 0) is 55.3 Å². The van der Waals surface area contributed by atoms with Gasteiger partial charge in [-0.25, -0.2) is 9.07 Å². The normalized spacial score (nSPS) is 18.1. The maximum absolute atomic E-state index is 13.5. The number of nitrogens with zero attached hydrogens (tertiary/aromatic N) is 5. The Hall–Kier alpha value is -3.06. The summed E-state index contributed by atoms with van der Waals surface area (Å²) >= 11 is 0. The number of carbonyl (C=O) groups is 1. The van der Waals surface area contributed by atoms with Crippen LogP contribution in [0.4, 0.5) is 4.39 Å². The molecular formula is C25H28FN5O. The summed E-state index contributed by atoms with van der Waals surface area (Å²) in [4.78, 5) is 22.0. The van der Waals surface area contributed by atoms with E-state index in [1.165, 1.54) is 44.2 Å². The second-order valence-corrected chi connectivity index (χ2v) is 8.66. The molecule has 7 heteroatoms. The van der Waals surface area contributed by atoms with Gasteiger partial charge in [-0.2, -0.15) is 5.10 Å². The van der Waals surface area contributed by atoms with Crippen LogP contribution in [-0.4, -0.2) is 62.7 Å². The smallest absolute Gasteiger partial charge is 0.274 e. The molecule has 1 aliphatic heterocycles. The fraction of sp³-hybridized carbons (Fsp3) is 0.400. The van der Waals surface area contributed by atoms with Gasteiger partial charge in [-0.15, -0.1) is 0 Å². The molecule has 1 aromatic carbocycles. The van der Waals surface area contributed by atoms with E-state index < -0.39 is 0 Å². The molecule has 0 radical (unpaired) electrons. The van der Waals surface area contributed by atoms with Crippen molar-refractivity contribution in [3.8, 4) is 16.9 Å². The van der Waals surface area contributed by atoms with E-state index in [0.717, 1.165) is 37.4 Å². The van der Waals surface area contributed by atoms with Crippen molar-refractivity contribution in [3.63, 3.8) is 0 Å². The number of piperazine rings is 1. The summed E-state index contributed by atoms with van der Waals surface area (Å²) < 4.78 is 15.2. The lowest BCUT2D eigenvalue weighted by Crippen LogP contribution is -2.52. The maximum atomic E-state index is 13.5. The van der Waals surface area contributed by atoms with Crippen molar-refractivity contribution in [3.05, 3.63) is 66.4 Å². The van der Waals surface area contributed by atoms with Crippen molar-refractivity contribution in [2.75, 3.05) is 26.2 Å². The Labute approximate surface area is 187 Å². The molecule has 5 rings (SSSR count). The van der Waals surface area contributed by atoms with Gasteiger partial charge in [0.25, 0.3) is 5.91 Å². The summed E-state index contributed by atoms with van der Waals surface area (Å²) in [7, 11) is 0. The number of hydrogen-bond acceptors (Lipinski definition) is 4. The van der Waals surface area contributed by atoms with Crippen LogP contribution in [0.3, 0.4) is 0 Å². The van der Waals surface area contributed by atoms with Crippen LogP contribution in [0.15, 0.2) is 54.9 Å². The topological polar surface area (TPSA) is 54.3 Å². The number of rotatable bonds is 4. The first-order valence-electron chi connectivity index (χ1n) is 11.5. The van der Waals surface area contributed by atoms with Crippen molar-refractivity contribution in [2.24, 2.45) is 0 Å². The summed E-state index contributed by atoms with van der Waals surface area (Å²) in [5.74, 6) is -0.365. The van der Waals surface area contributed by atoms with Crippen molar-refractivity contribution < 1.29 is 9.18 Å². The number of benzene rings is 1. The van der Waals surface area contributed by atoms with Crippen LogP contribution in [0.2, 0.25) is 0 Å². The summed E-state index contributed by atoms with van der Waals surface area (Å²) in [6, 6.07) is 12.4. The van der Waals surface area contributed by atoms with E-state index in [1.54, 1.807) is 29.2 Å². The minimum absolute atomic E-state index is 0.0562. The Kier molecular flexibility index (Phi) is 5.99. The Morgan fingerprint density at radius 1 is 0.969 bits per heavy atom. The number of pyridine rings is 1. The molecule has 1 saturated heterocycles. The standard InChI is InChI=1S/C25H28FN5O/c26-20-8-10-22(11-9-20)31-24(19-5-4-12-27-18-19)17-23(28-31)25(32)30-15-13-29(14-16-30)21-6-2-1-3-7-21/h4-5,8-12,17-18,21H,1-3,6-7,13-16H2. The van der Waals surface area contributed by atoms with Crippen molar-refractivity contribution in [2.45, 2.75) is 38.1 Å². The highest BCUT2D eigenvalue weighted by Crippen LogP contribution is 2.26. The van der Waals surface area contributed by atoms with E-state index in [-0.39, 0.29) is 11.7 Å². The largest absolute Gasteiger partial charge is 0.335 e. The number of amides is 1. The third-order valence-corrected chi connectivity index (χ3v) is 6.65. The van der Waals surface area contributed by atoms with Gasteiger partial charge in [0.2, 0.25) is 0 Å². The van der Waals surface area contributed by atoms with Crippen LogP contribution in [0.5, 0.6) is 0 Å². The summed E-state index contributed by atoms with van der Waals surface area (Å²) in [5, 5.41) is 4.63. The van der Waals surface area contributed by atoms with E-state index in [4.69, 9.17) is 0 Å². The molecule has 1 aliphatic carbocycles. The monoisotopic (exact) mass is 433 g/mol. The predicted octanol–water partition coefficient (Wildman–Crippen LogP) is 4.16. The predicted molar refractivity (Wildman–Crippen MR) is 121 cm³/mol. The molecule has 2 aliphatic rings. The first-order chi connectivity index (χ1) is 15.7. The quantitative estimate of drug-likeness (QED) is 0.620. The van der Waals surface area contributed by atoms with E-state index in [9.17, 15) is 9.18 Å². The van der Waals surface area contributed by atoms with Gasteiger partial charge in [-0.1, -0.05) is 19.3 Å². The van der Waals surface area contributed by atoms with Crippen LogP contribution < -0.4 is 0 Å². The fourth-order valence-corrected chi connectivity index (χ4v) is 4.88. The third-order valence-electron chi connectivity index (χ3n) is 6.65. The molecule has 166 valence electrons. The van der Waals surface area contributed by atoms with Crippen molar-refractivity contribution in [1.29, 1.82) is 0 Å². The molecule has 1 saturated carbocycles. The molecule has 6 nitrogen and oxygen atoms in total. The van der Waals surface area contributed by atoms with Crippen LogP contribution in [-0.2, 0) is 0 Å². The highest BCUT2D eigenvalue weighted by molar-refractivity contribution is 5.93. The van der Waals surface area contributed by atoms with Gasteiger partial charge in [0, 0.05) is 50.2 Å². The van der Waals surface area contributed by atoms with Gasteiger partial charge in [-0.3, -0.25) is 14.7 Å². The molecule has 2 fully saturated rings. The van der Waals surface area contributed by atoms with E-state index in [1.807, 2.05) is 23.1 Å². The molecule has 1 amide bonds. The lowest BCUT2D eigenvalue weighted by atomic mass is 9.94. The van der Waals surface area contributed by atoms with E-state index in [2.05, 4.69) is 15.0 Å². The molecule has 2 aromatic heterocycles. The van der Waals surface area contributed by atoms with E-state index >= 15 is 0 Å². The van der Waals surface area contributed by atoms with Gasteiger partial charge in [0.1, 0.15) is 5.82 Å². The number of carbonyl (C=O) groups excluding carboxylic acids is 1. The second-order valence-electron chi connectivity index (χ2n) is 8.66. The lowest BCUT2D eigenvalue weighted by Gasteiger charge is -2.40.